The Hall–Kier alpha value is -2.60. The number of imidazole rings is 1. The van der Waals surface area contributed by atoms with Gasteiger partial charge in [0.15, 0.2) is 5.16 Å². The average Bonchev–Trinajstić information content (AvgIpc) is 3.03. The lowest BCUT2D eigenvalue weighted by Crippen LogP contribution is -2.31. The molecule has 0 aliphatic rings. The molecule has 0 saturated carbocycles. The molecule has 0 radical (unpaired) electrons. The minimum Gasteiger partial charge on any atom is -0.338 e. The zero-order chi connectivity index (χ0) is 19.4. The highest BCUT2D eigenvalue weighted by atomic mass is 32.2. The first-order valence-corrected chi connectivity index (χ1v) is 9.70. The lowest BCUT2D eigenvalue weighted by Gasteiger charge is -2.25. The molecule has 0 saturated heterocycles. The number of nitrogens with zero attached hydrogens (tertiary/aromatic N) is 3. The van der Waals surface area contributed by atoms with Crippen LogP contribution in [0.25, 0.3) is 11.0 Å². The highest BCUT2D eigenvalue weighted by Crippen LogP contribution is 2.26. The van der Waals surface area contributed by atoms with Crippen LogP contribution in [0.4, 0.5) is 4.39 Å². The lowest BCUT2D eigenvalue weighted by molar-refractivity contribution is -0.128. The molecule has 1 unspecified atom stereocenters. The smallest absolute Gasteiger partial charge is 0.233 e. The summed E-state index contributed by atoms with van der Waals surface area (Å²) >= 11 is 1.42. The van der Waals surface area contributed by atoms with Crippen LogP contribution in [-0.2, 0) is 11.3 Å². The molecule has 0 fully saturated rings. The molecule has 6 heteroatoms. The summed E-state index contributed by atoms with van der Waals surface area (Å²) in [5.74, 6) is -0.00619. The molecule has 0 bridgehead atoms. The van der Waals surface area contributed by atoms with Crippen LogP contribution in [0.15, 0.2) is 66.3 Å². The molecule has 3 rings (SSSR count). The van der Waals surface area contributed by atoms with E-state index >= 15 is 0 Å². The first-order chi connectivity index (χ1) is 13.0. The van der Waals surface area contributed by atoms with E-state index in [2.05, 4.69) is 16.1 Å². The van der Waals surface area contributed by atoms with Crippen LogP contribution in [-0.4, -0.2) is 33.2 Å². The van der Waals surface area contributed by atoms with Crippen molar-refractivity contribution in [3.63, 3.8) is 0 Å². The van der Waals surface area contributed by atoms with Crippen LogP contribution in [0.1, 0.15) is 18.5 Å². The molecule has 27 heavy (non-hydrogen) atoms. The third kappa shape index (κ3) is 4.22. The fourth-order valence-corrected chi connectivity index (χ4v) is 3.83. The molecule has 3 aromatic rings. The number of carbonyl (C=O) groups excluding carboxylic acids is 1. The molecule has 0 aliphatic carbocycles. The van der Waals surface area contributed by atoms with Gasteiger partial charge in [-0.25, -0.2) is 9.37 Å². The molecule has 1 amide bonds. The largest absolute Gasteiger partial charge is 0.338 e. The van der Waals surface area contributed by atoms with Crippen molar-refractivity contribution in [2.24, 2.45) is 0 Å². The minimum atomic E-state index is -0.281. The van der Waals surface area contributed by atoms with Gasteiger partial charge in [-0.15, -0.1) is 6.58 Å². The van der Waals surface area contributed by atoms with E-state index in [-0.39, 0.29) is 23.5 Å². The summed E-state index contributed by atoms with van der Waals surface area (Å²) in [5.41, 5.74) is 2.83. The molecule has 140 valence electrons. The number of hydrogen-bond donors (Lipinski definition) is 0. The van der Waals surface area contributed by atoms with E-state index in [1.807, 2.05) is 37.3 Å². The fourth-order valence-electron chi connectivity index (χ4n) is 2.88. The molecule has 1 heterocycles. The fraction of sp³-hybridized carbons (Fsp3) is 0.238. The molecule has 1 atom stereocenters. The first kappa shape index (κ1) is 19.2. The number of halogens is 1. The maximum Gasteiger partial charge on any atom is 0.233 e. The molecule has 0 N–H and O–H groups in total. The predicted octanol–water partition coefficient (Wildman–Crippen LogP) is 4.67. The number of hydrogen-bond acceptors (Lipinski definition) is 3. The van der Waals surface area contributed by atoms with E-state index < -0.39 is 0 Å². The molecule has 0 aliphatic heterocycles. The van der Waals surface area contributed by atoms with Gasteiger partial charge in [0.05, 0.1) is 22.8 Å². The van der Waals surface area contributed by atoms with Crippen molar-refractivity contribution in [3.8, 4) is 0 Å². The van der Waals surface area contributed by atoms with Crippen molar-refractivity contribution in [3.05, 3.63) is 72.6 Å². The Morgan fingerprint density at radius 3 is 2.70 bits per heavy atom. The second kappa shape index (κ2) is 8.39. The minimum absolute atomic E-state index is 0.00552. The zero-order valence-electron chi connectivity index (χ0n) is 15.4. The Kier molecular flexibility index (Phi) is 5.96. The van der Waals surface area contributed by atoms with E-state index in [0.717, 1.165) is 21.8 Å². The number of allylic oxidation sites excluding steroid dienone is 1. The zero-order valence-corrected chi connectivity index (χ0v) is 16.2. The van der Waals surface area contributed by atoms with E-state index in [1.165, 1.54) is 23.9 Å². The normalized spacial score (nSPS) is 12.1. The molecule has 0 spiro atoms. The lowest BCUT2D eigenvalue weighted by atomic mass is 10.1. The number of carbonyl (C=O) groups is 1. The summed E-state index contributed by atoms with van der Waals surface area (Å²) in [6.45, 7) is 6.38. The number of aromatic nitrogens is 2. The number of para-hydroxylation sites is 2. The number of rotatable bonds is 7. The Balaban J connectivity index is 1.71. The van der Waals surface area contributed by atoms with Crippen LogP contribution < -0.4 is 0 Å². The van der Waals surface area contributed by atoms with Gasteiger partial charge in [-0.05, 0) is 36.8 Å². The molecule has 1 aromatic heterocycles. The summed E-state index contributed by atoms with van der Waals surface area (Å²) < 4.78 is 15.2. The van der Waals surface area contributed by atoms with Crippen molar-refractivity contribution >= 4 is 28.7 Å². The van der Waals surface area contributed by atoms with Crippen molar-refractivity contribution < 1.29 is 9.18 Å². The van der Waals surface area contributed by atoms with Crippen LogP contribution in [0.2, 0.25) is 0 Å². The summed E-state index contributed by atoms with van der Waals surface area (Å²) in [5, 5.41) is 0.798. The third-order valence-corrected chi connectivity index (χ3v) is 5.54. The second-order valence-electron chi connectivity index (χ2n) is 6.30. The van der Waals surface area contributed by atoms with E-state index in [1.54, 1.807) is 24.1 Å². The Labute approximate surface area is 162 Å². The molecule has 4 nitrogen and oxygen atoms in total. The third-order valence-electron chi connectivity index (χ3n) is 4.58. The van der Waals surface area contributed by atoms with Crippen LogP contribution in [0, 0.1) is 5.82 Å². The summed E-state index contributed by atoms with van der Waals surface area (Å²) in [6, 6.07) is 14.0. The average molecular weight is 383 g/mol. The van der Waals surface area contributed by atoms with Crippen LogP contribution >= 0.6 is 11.8 Å². The van der Waals surface area contributed by atoms with Gasteiger partial charge in [-0.3, -0.25) is 4.79 Å². The molecular formula is C21H22FN3OS. The van der Waals surface area contributed by atoms with Crippen molar-refractivity contribution in [2.75, 3.05) is 12.8 Å². The van der Waals surface area contributed by atoms with Gasteiger partial charge in [-0.2, -0.15) is 0 Å². The second-order valence-corrected chi connectivity index (χ2v) is 7.25. The molecular weight excluding hydrogens is 361 g/mol. The standard InChI is InChI=1S/C21H22FN3OS/c1-4-13-25-19-8-6-5-7-18(19)23-21(25)27-14-20(26)24(3)15(2)16-9-11-17(22)12-10-16/h4-12,15H,1,13-14H2,2-3H3. The van der Waals surface area contributed by atoms with E-state index in [0.29, 0.717) is 6.54 Å². The van der Waals surface area contributed by atoms with Crippen molar-refractivity contribution in [2.45, 2.75) is 24.7 Å². The number of amides is 1. The van der Waals surface area contributed by atoms with Gasteiger partial charge in [0.25, 0.3) is 0 Å². The SMILES string of the molecule is C=CCn1c(SCC(=O)N(C)C(C)c2ccc(F)cc2)nc2ccccc21. The van der Waals surface area contributed by atoms with Gasteiger partial charge >= 0.3 is 0 Å². The predicted molar refractivity (Wildman–Crippen MR) is 108 cm³/mol. The van der Waals surface area contributed by atoms with Crippen LogP contribution in [0.3, 0.4) is 0 Å². The monoisotopic (exact) mass is 383 g/mol. The topological polar surface area (TPSA) is 38.1 Å². The van der Waals surface area contributed by atoms with Crippen molar-refractivity contribution in [1.29, 1.82) is 0 Å². The van der Waals surface area contributed by atoms with Gasteiger partial charge in [0.1, 0.15) is 5.82 Å². The van der Waals surface area contributed by atoms with Crippen LogP contribution in [0.5, 0.6) is 0 Å². The highest BCUT2D eigenvalue weighted by Gasteiger charge is 2.19. The quantitative estimate of drug-likeness (QED) is 0.439. The van der Waals surface area contributed by atoms with Gasteiger partial charge in [-0.1, -0.05) is 42.1 Å². The number of thioether (sulfide) groups is 1. The Bertz CT molecular complexity index is 952. The number of fused-ring (bicyclic) bond motifs is 1. The maximum absolute atomic E-state index is 13.1. The first-order valence-electron chi connectivity index (χ1n) is 8.71. The Morgan fingerprint density at radius 2 is 2.00 bits per heavy atom. The molecule has 2 aromatic carbocycles. The number of benzene rings is 2. The summed E-state index contributed by atoms with van der Waals surface area (Å²) in [7, 11) is 1.77. The van der Waals surface area contributed by atoms with Gasteiger partial charge in [0, 0.05) is 13.6 Å². The maximum atomic E-state index is 13.1. The van der Waals surface area contributed by atoms with Gasteiger partial charge in [0.2, 0.25) is 5.91 Å². The summed E-state index contributed by atoms with van der Waals surface area (Å²) in [6.07, 6.45) is 1.82. The van der Waals surface area contributed by atoms with E-state index in [9.17, 15) is 9.18 Å². The highest BCUT2D eigenvalue weighted by molar-refractivity contribution is 7.99. The van der Waals surface area contributed by atoms with Gasteiger partial charge < -0.3 is 9.47 Å². The van der Waals surface area contributed by atoms with Crippen molar-refractivity contribution in [1.82, 2.24) is 14.5 Å². The Morgan fingerprint density at radius 1 is 1.30 bits per heavy atom. The summed E-state index contributed by atoms with van der Waals surface area (Å²) in [4.78, 5) is 19.0. The van der Waals surface area contributed by atoms with E-state index in [4.69, 9.17) is 0 Å².